The van der Waals surface area contributed by atoms with Crippen LogP contribution in [0.25, 0.3) is 11.4 Å². The molecule has 1 fully saturated rings. The van der Waals surface area contributed by atoms with Gasteiger partial charge in [0.15, 0.2) is 0 Å². The Kier molecular flexibility index (Phi) is 4.65. The lowest BCUT2D eigenvalue weighted by Gasteiger charge is -2.10. The summed E-state index contributed by atoms with van der Waals surface area (Å²) in [6.07, 6.45) is 3.95. The van der Waals surface area contributed by atoms with Gasteiger partial charge >= 0.3 is 6.55 Å². The van der Waals surface area contributed by atoms with E-state index in [1.54, 1.807) is 0 Å². The minimum Gasteiger partial charge on any atom is -0.490 e. The monoisotopic (exact) mass is 391 g/mol. The molecular weight excluding hydrogens is 376 g/mol. The van der Waals surface area contributed by atoms with Gasteiger partial charge in [0.2, 0.25) is 5.95 Å². The molecule has 1 aromatic carbocycles. The van der Waals surface area contributed by atoms with Gasteiger partial charge in [0.05, 0.1) is 11.8 Å². The maximum absolute atomic E-state index is 13.2. The summed E-state index contributed by atoms with van der Waals surface area (Å²) in [4.78, 5) is 7.89. The number of anilines is 1. The molecule has 0 atom stereocenters. The minimum absolute atomic E-state index is 0.0486. The number of hydrogen-bond acceptors (Lipinski definition) is 5. The Morgan fingerprint density at radius 1 is 1.22 bits per heavy atom. The molecular formula is C18H16ClF2N5O. The van der Waals surface area contributed by atoms with Crippen molar-refractivity contribution in [1.82, 2.24) is 19.7 Å². The van der Waals surface area contributed by atoms with Crippen LogP contribution in [0.5, 0.6) is 5.75 Å². The molecule has 9 heteroatoms. The van der Waals surface area contributed by atoms with Gasteiger partial charge in [-0.3, -0.25) is 0 Å². The number of aromatic nitrogens is 4. The molecule has 0 amide bonds. The van der Waals surface area contributed by atoms with Gasteiger partial charge in [0.25, 0.3) is 0 Å². The molecule has 2 heterocycles. The number of para-hydroxylation sites is 1. The first-order valence-corrected chi connectivity index (χ1v) is 8.78. The van der Waals surface area contributed by atoms with Gasteiger partial charge in [-0.1, -0.05) is 29.8 Å². The number of rotatable bonds is 6. The molecule has 0 spiro atoms. The molecule has 3 aromatic rings. The summed E-state index contributed by atoms with van der Waals surface area (Å²) in [5.41, 5.74) is 7.67. The quantitative estimate of drug-likeness (QED) is 0.640. The van der Waals surface area contributed by atoms with Crippen LogP contribution in [-0.4, -0.2) is 25.9 Å². The second kappa shape index (κ2) is 7.11. The number of benzene rings is 1. The number of hydrogen-bond donors (Lipinski definition) is 1. The summed E-state index contributed by atoms with van der Waals surface area (Å²) in [7, 11) is 0. The molecule has 1 saturated carbocycles. The fourth-order valence-electron chi connectivity index (χ4n) is 2.77. The summed E-state index contributed by atoms with van der Waals surface area (Å²) in [5, 5.41) is 4.10. The highest BCUT2D eigenvalue weighted by Crippen LogP contribution is 2.32. The lowest BCUT2D eigenvalue weighted by atomic mass is 10.0. The summed E-state index contributed by atoms with van der Waals surface area (Å²) in [5.74, 6) is 0.698. The molecule has 0 radical (unpaired) electrons. The smallest absolute Gasteiger partial charge is 0.333 e. The predicted molar refractivity (Wildman–Crippen MR) is 96.8 cm³/mol. The van der Waals surface area contributed by atoms with Gasteiger partial charge in [0.1, 0.15) is 16.6 Å². The summed E-state index contributed by atoms with van der Waals surface area (Å²) >= 11 is 5.94. The highest BCUT2D eigenvalue weighted by molar-refractivity contribution is 6.29. The molecule has 140 valence electrons. The zero-order valence-corrected chi connectivity index (χ0v) is 14.9. The van der Waals surface area contributed by atoms with Crippen LogP contribution in [0.2, 0.25) is 5.15 Å². The van der Waals surface area contributed by atoms with Gasteiger partial charge in [-0.05, 0) is 24.5 Å². The maximum atomic E-state index is 13.2. The van der Waals surface area contributed by atoms with Crippen LogP contribution in [0.1, 0.15) is 30.5 Å². The zero-order valence-electron chi connectivity index (χ0n) is 14.1. The number of nitrogens with two attached hydrogens (primary N) is 1. The fourth-order valence-corrected chi connectivity index (χ4v) is 2.96. The average Bonchev–Trinajstić information content (AvgIpc) is 3.32. The molecule has 6 nitrogen and oxygen atoms in total. The van der Waals surface area contributed by atoms with Crippen LogP contribution >= 0.6 is 11.6 Å². The second-order valence-corrected chi connectivity index (χ2v) is 6.68. The fraction of sp³-hybridized carbons (Fsp3) is 0.278. The third kappa shape index (κ3) is 4.00. The number of alkyl halides is 2. The highest BCUT2D eigenvalue weighted by Gasteiger charge is 2.25. The molecule has 27 heavy (non-hydrogen) atoms. The Bertz CT molecular complexity index is 954. The predicted octanol–water partition coefficient (Wildman–Crippen LogP) is 4.10. The first-order valence-electron chi connectivity index (χ1n) is 8.41. The normalized spacial score (nSPS) is 13.9. The molecule has 0 unspecified atom stereocenters. The van der Waals surface area contributed by atoms with Crippen molar-refractivity contribution < 1.29 is 13.5 Å². The van der Waals surface area contributed by atoms with Gasteiger partial charge in [-0.25, -0.2) is 14.6 Å². The summed E-state index contributed by atoms with van der Waals surface area (Å²) < 4.78 is 33.0. The molecule has 4 rings (SSSR count). The van der Waals surface area contributed by atoms with E-state index in [1.165, 1.54) is 12.3 Å². The number of nitrogen functional groups attached to an aromatic ring is 1. The number of ether oxygens (including phenoxy) is 1. The van der Waals surface area contributed by atoms with Gasteiger partial charge < -0.3 is 10.5 Å². The molecule has 2 N–H and O–H groups in total. The van der Waals surface area contributed by atoms with Crippen molar-refractivity contribution in [1.29, 1.82) is 0 Å². The van der Waals surface area contributed by atoms with Gasteiger partial charge in [-0.15, -0.1) is 0 Å². The van der Waals surface area contributed by atoms with Crippen LogP contribution in [-0.2, 0) is 6.42 Å². The van der Waals surface area contributed by atoms with Crippen molar-refractivity contribution in [2.24, 2.45) is 0 Å². The molecule has 2 aromatic heterocycles. The Balaban J connectivity index is 1.74. The largest absolute Gasteiger partial charge is 0.490 e. The van der Waals surface area contributed by atoms with Crippen molar-refractivity contribution >= 4 is 17.5 Å². The van der Waals surface area contributed by atoms with E-state index in [4.69, 9.17) is 22.1 Å². The van der Waals surface area contributed by atoms with E-state index in [2.05, 4.69) is 15.1 Å². The SMILES string of the molecule is Nc1nc(Cl)cc(-c2nn(C(F)F)cc2Cc2ccccc2OC2CC2)n1. The average molecular weight is 392 g/mol. The minimum atomic E-state index is -2.77. The van der Waals surface area contributed by atoms with Crippen LogP contribution in [0.3, 0.4) is 0 Å². The molecule has 1 aliphatic rings. The lowest BCUT2D eigenvalue weighted by molar-refractivity contribution is 0.0567. The van der Waals surface area contributed by atoms with Crippen molar-refractivity contribution in [3.63, 3.8) is 0 Å². The maximum Gasteiger partial charge on any atom is 0.333 e. The Morgan fingerprint density at radius 3 is 2.70 bits per heavy atom. The van der Waals surface area contributed by atoms with Crippen molar-refractivity contribution in [2.75, 3.05) is 5.73 Å². The molecule has 1 aliphatic carbocycles. The first-order chi connectivity index (χ1) is 13.0. The number of halogens is 3. The molecule has 0 bridgehead atoms. The Morgan fingerprint density at radius 2 is 2.00 bits per heavy atom. The Hall–Kier alpha value is -2.74. The van der Waals surface area contributed by atoms with E-state index in [1.807, 2.05) is 24.3 Å². The van der Waals surface area contributed by atoms with Gasteiger partial charge in [-0.2, -0.15) is 13.9 Å². The van der Waals surface area contributed by atoms with E-state index in [0.717, 1.165) is 24.2 Å². The van der Waals surface area contributed by atoms with E-state index in [0.29, 0.717) is 22.4 Å². The highest BCUT2D eigenvalue weighted by atomic mass is 35.5. The standard InChI is InChI=1S/C18H16ClF2N5O/c19-15-8-13(23-18(22)24-15)16-11(9-26(25-16)17(20)21)7-10-3-1-2-4-14(10)27-12-5-6-12/h1-4,8-9,12,17H,5-7H2,(H2,22,23,24). The zero-order chi connectivity index (χ0) is 19.0. The first kappa shape index (κ1) is 17.7. The van der Waals surface area contributed by atoms with E-state index >= 15 is 0 Å². The van der Waals surface area contributed by atoms with Crippen LogP contribution in [0.15, 0.2) is 36.5 Å². The van der Waals surface area contributed by atoms with Crippen molar-refractivity contribution in [3.05, 3.63) is 52.8 Å². The number of nitrogens with zero attached hydrogens (tertiary/aromatic N) is 4. The van der Waals surface area contributed by atoms with E-state index in [-0.39, 0.29) is 22.9 Å². The van der Waals surface area contributed by atoms with E-state index < -0.39 is 6.55 Å². The summed E-state index contributed by atoms with van der Waals surface area (Å²) in [6.45, 7) is -2.77. The third-order valence-electron chi connectivity index (χ3n) is 4.13. The van der Waals surface area contributed by atoms with Crippen molar-refractivity contribution in [2.45, 2.75) is 31.9 Å². The topological polar surface area (TPSA) is 78.8 Å². The van der Waals surface area contributed by atoms with Crippen molar-refractivity contribution in [3.8, 4) is 17.1 Å². The van der Waals surface area contributed by atoms with Crippen LogP contribution < -0.4 is 10.5 Å². The molecule has 0 aliphatic heterocycles. The van der Waals surface area contributed by atoms with Crippen LogP contribution in [0, 0.1) is 0 Å². The van der Waals surface area contributed by atoms with E-state index in [9.17, 15) is 8.78 Å². The van der Waals surface area contributed by atoms with Gasteiger partial charge in [0, 0.05) is 24.2 Å². The lowest BCUT2D eigenvalue weighted by Crippen LogP contribution is -2.01. The Labute approximate surface area is 158 Å². The second-order valence-electron chi connectivity index (χ2n) is 6.30. The molecule has 0 saturated heterocycles. The van der Waals surface area contributed by atoms with Crippen LogP contribution in [0.4, 0.5) is 14.7 Å². The third-order valence-corrected chi connectivity index (χ3v) is 4.33. The summed E-state index contributed by atoms with van der Waals surface area (Å²) in [6, 6.07) is 9.00.